The van der Waals surface area contributed by atoms with Crippen molar-refractivity contribution in [3.63, 3.8) is 0 Å². The fourth-order valence-electron chi connectivity index (χ4n) is 1.61. The fraction of sp³-hybridized carbons (Fsp3) is 0.714. The number of hydrogen-bond acceptors (Lipinski definition) is 4. The molecule has 0 bridgehead atoms. The molecular formula is C14H24IN3S. The Morgan fingerprint density at radius 1 is 1.21 bits per heavy atom. The van der Waals surface area contributed by atoms with Gasteiger partial charge in [0.25, 0.3) is 0 Å². The number of thioether (sulfide) groups is 1. The molecule has 3 nitrogen and oxygen atoms in total. The van der Waals surface area contributed by atoms with Crippen LogP contribution in [0, 0.1) is 3.57 Å². The van der Waals surface area contributed by atoms with Crippen LogP contribution in [-0.2, 0) is 11.2 Å². The molecule has 1 heterocycles. The van der Waals surface area contributed by atoms with Crippen LogP contribution in [0.25, 0.3) is 0 Å². The molecule has 19 heavy (non-hydrogen) atoms. The summed E-state index contributed by atoms with van der Waals surface area (Å²) >= 11 is 4.23. The Labute approximate surface area is 134 Å². The molecule has 0 radical (unpaired) electrons. The van der Waals surface area contributed by atoms with E-state index in [4.69, 9.17) is 4.98 Å². The maximum atomic E-state index is 4.77. The summed E-state index contributed by atoms with van der Waals surface area (Å²) in [6.45, 7) is 11.9. The van der Waals surface area contributed by atoms with Gasteiger partial charge in [-0.1, -0.05) is 34.6 Å². The minimum Gasteiger partial charge on any atom is -0.369 e. The minimum absolute atomic E-state index is 0.0493. The lowest BCUT2D eigenvalue weighted by Gasteiger charge is -2.22. The van der Waals surface area contributed by atoms with Gasteiger partial charge in [0.15, 0.2) is 0 Å². The highest BCUT2D eigenvalue weighted by Gasteiger charge is 2.22. The number of nitrogens with one attached hydrogen (secondary N) is 1. The van der Waals surface area contributed by atoms with Gasteiger partial charge >= 0.3 is 0 Å². The van der Waals surface area contributed by atoms with Crippen LogP contribution in [0.3, 0.4) is 0 Å². The highest BCUT2D eigenvalue weighted by atomic mass is 127. The van der Waals surface area contributed by atoms with Crippen molar-refractivity contribution < 1.29 is 0 Å². The van der Waals surface area contributed by atoms with E-state index in [9.17, 15) is 0 Å². The lowest BCUT2D eigenvalue weighted by Crippen LogP contribution is -2.20. The van der Waals surface area contributed by atoms with Gasteiger partial charge in [-0.15, -0.1) is 0 Å². The first-order valence-corrected chi connectivity index (χ1v) is 9.02. The molecule has 0 saturated heterocycles. The van der Waals surface area contributed by atoms with Gasteiger partial charge in [-0.3, -0.25) is 0 Å². The molecule has 0 amide bonds. The van der Waals surface area contributed by atoms with Gasteiger partial charge in [-0.25, -0.2) is 9.97 Å². The molecule has 0 aliphatic rings. The van der Waals surface area contributed by atoms with E-state index in [-0.39, 0.29) is 5.41 Å². The number of halogens is 1. The van der Waals surface area contributed by atoms with Crippen LogP contribution in [0.15, 0.2) is 0 Å². The molecule has 0 saturated carbocycles. The van der Waals surface area contributed by atoms with Crippen LogP contribution in [0.1, 0.15) is 52.6 Å². The first-order chi connectivity index (χ1) is 8.90. The highest BCUT2D eigenvalue weighted by Crippen LogP contribution is 2.30. The van der Waals surface area contributed by atoms with Crippen molar-refractivity contribution in [1.29, 1.82) is 0 Å². The summed E-state index contributed by atoms with van der Waals surface area (Å²) in [6.07, 6.45) is 1.10. The van der Waals surface area contributed by atoms with Crippen LogP contribution >= 0.6 is 34.4 Å². The summed E-state index contributed by atoms with van der Waals surface area (Å²) in [7, 11) is 0. The summed E-state index contributed by atoms with van der Waals surface area (Å²) in [5.74, 6) is 3.92. The molecule has 1 N–H and O–H groups in total. The highest BCUT2D eigenvalue weighted by molar-refractivity contribution is 14.1. The van der Waals surface area contributed by atoms with Crippen molar-refractivity contribution >= 4 is 40.2 Å². The van der Waals surface area contributed by atoms with Gasteiger partial charge in [0.05, 0.1) is 15.0 Å². The number of rotatable bonds is 6. The number of anilines is 1. The van der Waals surface area contributed by atoms with E-state index in [1.54, 1.807) is 0 Å². The Kier molecular flexibility index (Phi) is 6.86. The van der Waals surface area contributed by atoms with E-state index in [0.717, 1.165) is 45.4 Å². The second-order valence-corrected chi connectivity index (χ2v) is 7.82. The van der Waals surface area contributed by atoms with Crippen LogP contribution in [0.2, 0.25) is 0 Å². The maximum Gasteiger partial charge on any atom is 0.143 e. The molecule has 1 aromatic rings. The average Bonchev–Trinajstić information content (AvgIpc) is 2.34. The summed E-state index contributed by atoms with van der Waals surface area (Å²) in [4.78, 5) is 9.44. The van der Waals surface area contributed by atoms with E-state index < -0.39 is 0 Å². The zero-order chi connectivity index (χ0) is 14.5. The lowest BCUT2D eigenvalue weighted by molar-refractivity contribution is 0.560. The Bertz CT molecular complexity index is 416. The Morgan fingerprint density at radius 3 is 2.42 bits per heavy atom. The topological polar surface area (TPSA) is 37.8 Å². The van der Waals surface area contributed by atoms with Crippen LogP contribution < -0.4 is 5.32 Å². The van der Waals surface area contributed by atoms with Gasteiger partial charge in [0.2, 0.25) is 0 Å². The monoisotopic (exact) mass is 393 g/mol. The van der Waals surface area contributed by atoms with Crippen LogP contribution in [0.4, 0.5) is 5.82 Å². The van der Waals surface area contributed by atoms with Crippen molar-refractivity contribution in [2.45, 2.75) is 52.2 Å². The second kappa shape index (κ2) is 7.67. The van der Waals surface area contributed by atoms with Crippen molar-refractivity contribution in [1.82, 2.24) is 9.97 Å². The van der Waals surface area contributed by atoms with Crippen LogP contribution in [0.5, 0.6) is 0 Å². The van der Waals surface area contributed by atoms with Gasteiger partial charge in [0.1, 0.15) is 11.6 Å². The average molecular weight is 393 g/mol. The summed E-state index contributed by atoms with van der Waals surface area (Å²) in [5, 5.41) is 3.42. The molecule has 1 aromatic heterocycles. The number of hydrogen-bond donors (Lipinski definition) is 1. The summed E-state index contributed by atoms with van der Waals surface area (Å²) in [6, 6.07) is 0. The van der Waals surface area contributed by atoms with Crippen LogP contribution in [-0.4, -0.2) is 22.3 Å². The van der Waals surface area contributed by atoms with E-state index in [0.29, 0.717) is 0 Å². The van der Waals surface area contributed by atoms with E-state index in [2.05, 4.69) is 67.5 Å². The molecule has 108 valence electrons. The van der Waals surface area contributed by atoms with Gasteiger partial charge in [-0.05, 0) is 34.8 Å². The molecule has 0 aromatic carbocycles. The van der Waals surface area contributed by atoms with Crippen molar-refractivity contribution in [3.05, 3.63) is 15.1 Å². The summed E-state index contributed by atoms with van der Waals surface area (Å²) < 4.78 is 1.16. The predicted octanol–water partition coefficient (Wildman–Crippen LogP) is 4.45. The number of nitrogens with zero attached hydrogens (tertiary/aromatic N) is 2. The number of aromatic nitrogens is 2. The van der Waals surface area contributed by atoms with Crippen molar-refractivity contribution in [3.8, 4) is 0 Å². The molecule has 0 atom stereocenters. The molecule has 0 unspecified atom stereocenters. The molecule has 0 aliphatic carbocycles. The molecule has 0 spiro atoms. The molecule has 0 aliphatic heterocycles. The minimum atomic E-state index is 0.0493. The van der Waals surface area contributed by atoms with Gasteiger partial charge < -0.3 is 5.32 Å². The molecule has 0 fully saturated rings. The third kappa shape index (κ3) is 5.10. The Morgan fingerprint density at radius 2 is 1.89 bits per heavy atom. The normalized spacial score (nSPS) is 11.7. The second-order valence-electron chi connectivity index (χ2n) is 5.46. The maximum absolute atomic E-state index is 4.77. The fourth-order valence-corrected chi connectivity index (χ4v) is 3.37. The molecular weight excluding hydrogens is 369 g/mol. The van der Waals surface area contributed by atoms with Gasteiger partial charge in [-0.2, -0.15) is 11.8 Å². The quantitative estimate of drug-likeness (QED) is 0.725. The van der Waals surface area contributed by atoms with E-state index >= 15 is 0 Å². The first-order valence-electron chi connectivity index (χ1n) is 6.78. The largest absolute Gasteiger partial charge is 0.369 e. The lowest BCUT2D eigenvalue weighted by atomic mass is 9.92. The Hall–Kier alpha value is -0.0400. The Balaban J connectivity index is 3.14. The predicted molar refractivity (Wildman–Crippen MR) is 94.1 cm³/mol. The zero-order valence-corrected chi connectivity index (χ0v) is 15.5. The smallest absolute Gasteiger partial charge is 0.143 e. The first kappa shape index (κ1) is 17.0. The standard InChI is InChI=1S/C14H24IN3S/c1-6-8-16-13-11(15)12(14(3,4)5)17-10(18-13)9-19-7-2/h6-9H2,1-5H3,(H,16,17,18). The van der Waals surface area contributed by atoms with E-state index in [1.807, 2.05) is 11.8 Å². The van der Waals surface area contributed by atoms with Crippen molar-refractivity contribution in [2.24, 2.45) is 0 Å². The van der Waals surface area contributed by atoms with Crippen molar-refractivity contribution in [2.75, 3.05) is 17.6 Å². The van der Waals surface area contributed by atoms with E-state index in [1.165, 1.54) is 0 Å². The molecule has 5 heteroatoms. The third-order valence-corrected chi connectivity index (χ3v) is 4.48. The SMILES string of the molecule is CCCNc1nc(CSCC)nc(C(C)(C)C)c1I. The zero-order valence-electron chi connectivity index (χ0n) is 12.5. The van der Waals surface area contributed by atoms with Gasteiger partial charge in [0, 0.05) is 12.0 Å². The summed E-state index contributed by atoms with van der Waals surface area (Å²) in [5.41, 5.74) is 1.20. The molecule has 1 rings (SSSR count). The third-order valence-electron chi connectivity index (χ3n) is 2.59.